The highest BCUT2D eigenvalue weighted by atomic mass is 16.5. The molecule has 3 rings (SSSR count). The van der Waals surface area contributed by atoms with E-state index in [2.05, 4.69) is 15.2 Å². The zero-order chi connectivity index (χ0) is 15.0. The van der Waals surface area contributed by atoms with E-state index in [1.54, 1.807) is 7.05 Å². The lowest BCUT2D eigenvalue weighted by molar-refractivity contribution is -0.127. The molecule has 0 bridgehead atoms. The van der Waals surface area contributed by atoms with Gasteiger partial charge in [-0.1, -0.05) is 0 Å². The van der Waals surface area contributed by atoms with Crippen molar-refractivity contribution < 1.29 is 14.3 Å². The minimum Gasteiger partial charge on any atom is -0.381 e. The number of carbonyl (C=O) groups is 2. The molecule has 2 fully saturated rings. The van der Waals surface area contributed by atoms with Crippen LogP contribution in [0.15, 0.2) is 0 Å². The van der Waals surface area contributed by atoms with Crippen molar-refractivity contribution in [1.29, 1.82) is 0 Å². The topological polar surface area (TPSA) is 91.4 Å². The SMILES string of the molecule is CN1C(=O)C(Cc2nc(C3CCOCC3)n[nH]2)N(C)C1=O. The van der Waals surface area contributed by atoms with Crippen molar-refractivity contribution in [2.24, 2.45) is 0 Å². The largest absolute Gasteiger partial charge is 0.381 e. The number of ether oxygens (including phenoxy) is 1. The molecule has 0 spiro atoms. The van der Waals surface area contributed by atoms with Gasteiger partial charge in [-0.05, 0) is 12.8 Å². The highest BCUT2D eigenvalue weighted by Gasteiger charge is 2.41. The van der Waals surface area contributed by atoms with Gasteiger partial charge in [0.15, 0.2) is 5.82 Å². The standard InChI is InChI=1S/C13H19N5O3/c1-17-9(12(19)18(2)13(17)20)7-10-14-11(16-15-10)8-3-5-21-6-4-8/h8-9H,3-7H2,1-2H3,(H,14,15,16). The third-order valence-electron chi connectivity index (χ3n) is 4.19. The number of nitrogens with one attached hydrogen (secondary N) is 1. The Labute approximate surface area is 122 Å². The molecule has 1 unspecified atom stereocenters. The maximum absolute atomic E-state index is 12.0. The summed E-state index contributed by atoms with van der Waals surface area (Å²) in [5.41, 5.74) is 0. The van der Waals surface area contributed by atoms with E-state index in [0.717, 1.165) is 36.8 Å². The number of aromatic amines is 1. The Balaban J connectivity index is 1.70. The molecule has 114 valence electrons. The predicted octanol–water partition coefficient (Wildman–Crippen LogP) is 0.134. The molecule has 1 aromatic heterocycles. The van der Waals surface area contributed by atoms with Gasteiger partial charge in [0.1, 0.15) is 11.9 Å². The fourth-order valence-corrected chi connectivity index (χ4v) is 2.80. The first-order valence-electron chi connectivity index (χ1n) is 7.11. The first-order valence-corrected chi connectivity index (χ1v) is 7.11. The second-order valence-corrected chi connectivity index (χ2v) is 5.54. The molecule has 0 saturated carbocycles. The molecule has 1 aromatic rings. The van der Waals surface area contributed by atoms with Crippen molar-refractivity contribution in [3.05, 3.63) is 11.6 Å². The molecule has 0 aromatic carbocycles. The second-order valence-electron chi connectivity index (χ2n) is 5.54. The second kappa shape index (κ2) is 5.44. The zero-order valence-electron chi connectivity index (χ0n) is 12.2. The number of carbonyl (C=O) groups excluding carboxylic acids is 2. The van der Waals surface area contributed by atoms with Crippen molar-refractivity contribution in [1.82, 2.24) is 25.0 Å². The van der Waals surface area contributed by atoms with Gasteiger partial charge in [-0.3, -0.25) is 14.8 Å². The molecule has 3 amide bonds. The molecule has 8 nitrogen and oxygen atoms in total. The lowest BCUT2D eigenvalue weighted by Gasteiger charge is -2.18. The summed E-state index contributed by atoms with van der Waals surface area (Å²) in [5, 5.41) is 7.14. The lowest BCUT2D eigenvalue weighted by atomic mass is 10.00. The average Bonchev–Trinajstić information content (AvgIpc) is 3.05. The number of aromatic nitrogens is 3. The molecule has 1 N–H and O–H groups in total. The maximum atomic E-state index is 12.0. The van der Waals surface area contributed by atoms with E-state index in [1.807, 2.05) is 0 Å². The fourth-order valence-electron chi connectivity index (χ4n) is 2.80. The van der Waals surface area contributed by atoms with E-state index < -0.39 is 6.04 Å². The molecule has 8 heteroatoms. The summed E-state index contributed by atoms with van der Waals surface area (Å²) in [6.07, 6.45) is 2.20. The van der Waals surface area contributed by atoms with Crippen LogP contribution in [0.4, 0.5) is 4.79 Å². The fraction of sp³-hybridized carbons (Fsp3) is 0.692. The van der Waals surface area contributed by atoms with Gasteiger partial charge in [0.05, 0.1) is 0 Å². The molecule has 1 atom stereocenters. The number of likely N-dealkylation sites (N-methyl/N-ethyl adjacent to an activating group) is 2. The molecule has 2 saturated heterocycles. The van der Waals surface area contributed by atoms with Gasteiger partial charge in [0, 0.05) is 39.6 Å². The van der Waals surface area contributed by atoms with E-state index in [0.29, 0.717) is 18.2 Å². The Hall–Kier alpha value is -1.96. The number of imide groups is 1. The molecular formula is C13H19N5O3. The summed E-state index contributed by atoms with van der Waals surface area (Å²) in [5.74, 6) is 1.53. The summed E-state index contributed by atoms with van der Waals surface area (Å²) in [4.78, 5) is 30.8. The summed E-state index contributed by atoms with van der Waals surface area (Å²) in [6.45, 7) is 1.47. The summed E-state index contributed by atoms with van der Waals surface area (Å²) < 4.78 is 5.33. The van der Waals surface area contributed by atoms with Crippen LogP contribution in [0.5, 0.6) is 0 Å². The van der Waals surface area contributed by atoms with Gasteiger partial charge in [-0.2, -0.15) is 5.10 Å². The van der Waals surface area contributed by atoms with Gasteiger partial charge >= 0.3 is 6.03 Å². The highest BCUT2D eigenvalue weighted by Crippen LogP contribution is 2.24. The van der Waals surface area contributed by atoms with Gasteiger partial charge < -0.3 is 9.64 Å². The number of nitrogens with zero attached hydrogens (tertiary/aromatic N) is 4. The average molecular weight is 293 g/mol. The first-order chi connectivity index (χ1) is 10.1. The maximum Gasteiger partial charge on any atom is 0.326 e. The van der Waals surface area contributed by atoms with Crippen LogP contribution in [0, 0.1) is 0 Å². The highest BCUT2D eigenvalue weighted by molar-refractivity contribution is 6.03. The Kier molecular flexibility index (Phi) is 3.62. The molecule has 0 aliphatic carbocycles. The van der Waals surface area contributed by atoms with Crippen LogP contribution in [0.1, 0.15) is 30.4 Å². The lowest BCUT2D eigenvalue weighted by Crippen LogP contribution is -2.33. The number of H-pyrrole nitrogens is 1. The molecule has 2 aliphatic rings. The number of hydrogen-bond acceptors (Lipinski definition) is 5. The van der Waals surface area contributed by atoms with Crippen LogP contribution in [0.2, 0.25) is 0 Å². The number of hydrogen-bond donors (Lipinski definition) is 1. The van der Waals surface area contributed by atoms with E-state index in [9.17, 15) is 9.59 Å². The van der Waals surface area contributed by atoms with Gasteiger partial charge in [-0.25, -0.2) is 9.78 Å². The zero-order valence-corrected chi connectivity index (χ0v) is 12.2. The van der Waals surface area contributed by atoms with E-state index in [-0.39, 0.29) is 11.9 Å². The Bertz CT molecular complexity index is 552. The van der Waals surface area contributed by atoms with Crippen LogP contribution in [0.3, 0.4) is 0 Å². The molecule has 3 heterocycles. The summed E-state index contributed by atoms with van der Waals surface area (Å²) in [6, 6.07) is -0.785. The Morgan fingerprint density at radius 3 is 2.62 bits per heavy atom. The molecular weight excluding hydrogens is 274 g/mol. The van der Waals surface area contributed by atoms with Gasteiger partial charge in [-0.15, -0.1) is 0 Å². The minimum absolute atomic E-state index is 0.202. The molecule has 2 aliphatic heterocycles. The number of urea groups is 1. The number of rotatable bonds is 3. The Morgan fingerprint density at radius 2 is 2.00 bits per heavy atom. The monoisotopic (exact) mass is 293 g/mol. The van der Waals surface area contributed by atoms with Crippen molar-refractivity contribution in [3.8, 4) is 0 Å². The van der Waals surface area contributed by atoms with Crippen LogP contribution in [0.25, 0.3) is 0 Å². The molecule has 0 radical (unpaired) electrons. The summed E-state index contributed by atoms with van der Waals surface area (Å²) >= 11 is 0. The van der Waals surface area contributed by atoms with Crippen molar-refractivity contribution in [3.63, 3.8) is 0 Å². The number of amides is 3. The molecule has 21 heavy (non-hydrogen) atoms. The van der Waals surface area contributed by atoms with E-state index >= 15 is 0 Å². The summed E-state index contributed by atoms with van der Waals surface area (Å²) in [7, 11) is 3.12. The third-order valence-corrected chi connectivity index (χ3v) is 4.19. The van der Waals surface area contributed by atoms with Crippen molar-refractivity contribution in [2.45, 2.75) is 31.2 Å². The smallest absolute Gasteiger partial charge is 0.326 e. The quantitative estimate of drug-likeness (QED) is 0.800. The van der Waals surface area contributed by atoms with E-state index in [1.165, 1.54) is 11.9 Å². The van der Waals surface area contributed by atoms with Crippen molar-refractivity contribution in [2.75, 3.05) is 27.3 Å². The van der Waals surface area contributed by atoms with Crippen LogP contribution in [-0.4, -0.2) is 70.3 Å². The van der Waals surface area contributed by atoms with Crippen molar-refractivity contribution >= 4 is 11.9 Å². The minimum atomic E-state index is -0.502. The predicted molar refractivity (Wildman–Crippen MR) is 72.6 cm³/mol. The van der Waals surface area contributed by atoms with E-state index in [4.69, 9.17) is 4.74 Å². The normalized spacial score (nSPS) is 24.2. The van der Waals surface area contributed by atoms with Crippen LogP contribution in [-0.2, 0) is 16.0 Å². The Morgan fingerprint density at radius 1 is 1.29 bits per heavy atom. The van der Waals surface area contributed by atoms with Gasteiger partial charge in [0.2, 0.25) is 0 Å². The first kappa shape index (κ1) is 14.0. The van der Waals surface area contributed by atoms with Crippen LogP contribution < -0.4 is 0 Å². The third kappa shape index (κ3) is 2.51. The van der Waals surface area contributed by atoms with Gasteiger partial charge in [0.25, 0.3) is 5.91 Å². The van der Waals surface area contributed by atoms with Crippen LogP contribution >= 0.6 is 0 Å².